The molecule has 1 aromatic carbocycles. The molecule has 0 aliphatic rings. The number of alkyl halides is 3. The van der Waals surface area contributed by atoms with E-state index in [0.717, 1.165) is 15.8 Å². The van der Waals surface area contributed by atoms with E-state index in [0.29, 0.717) is 5.13 Å². The molecule has 0 radical (unpaired) electrons. The normalized spacial score (nSPS) is 12.0. The third-order valence-electron chi connectivity index (χ3n) is 2.19. The summed E-state index contributed by atoms with van der Waals surface area (Å²) < 4.78 is 36.8. The average molecular weight is 292 g/mol. The number of benzene rings is 1. The molecule has 0 unspecified atom stereocenters. The molecule has 0 aliphatic carbocycles. The molecule has 0 saturated carbocycles. The molecule has 0 atom stereocenters. The number of hydrogen-bond acceptors (Lipinski definition) is 4. The lowest BCUT2D eigenvalue weighted by molar-refractivity contribution is -0.0327. The van der Waals surface area contributed by atoms with E-state index >= 15 is 0 Å². The molecule has 0 fully saturated rings. The lowest BCUT2D eigenvalue weighted by atomic mass is 10.2. The van der Waals surface area contributed by atoms with Crippen LogP contribution in [-0.2, 0) is 0 Å². The lowest BCUT2D eigenvalue weighted by Gasteiger charge is -2.05. The smallest absolute Gasteiger partial charge is 0.361 e. The standard InChI is InChI=1S/C11H11F3N2S2/c1-7-2-3-8-9(6-7)18-10(16-8)15-4-5-17-11(12,13)14/h2-3,6H,4-5H2,1H3,(H,15,16). The number of hydrogen-bond donors (Lipinski definition) is 1. The van der Waals surface area contributed by atoms with Crippen LogP contribution in [0.4, 0.5) is 18.3 Å². The molecular weight excluding hydrogens is 281 g/mol. The Labute approximate surface area is 111 Å². The van der Waals surface area contributed by atoms with Crippen LogP contribution in [0.15, 0.2) is 18.2 Å². The topological polar surface area (TPSA) is 24.9 Å². The summed E-state index contributed by atoms with van der Waals surface area (Å²) in [5.74, 6) is -0.0154. The van der Waals surface area contributed by atoms with Crippen molar-refractivity contribution in [1.29, 1.82) is 0 Å². The predicted octanol–water partition coefficient (Wildman–Crippen LogP) is 4.27. The summed E-state index contributed by atoms with van der Waals surface area (Å²) in [6.07, 6.45) is 0. The number of halogens is 3. The van der Waals surface area contributed by atoms with Gasteiger partial charge >= 0.3 is 5.51 Å². The SMILES string of the molecule is Cc1ccc2nc(NCCSC(F)(F)F)sc2c1. The van der Waals surface area contributed by atoms with Gasteiger partial charge in [0.15, 0.2) is 5.13 Å². The van der Waals surface area contributed by atoms with Crippen LogP contribution in [0.1, 0.15) is 5.56 Å². The van der Waals surface area contributed by atoms with Gasteiger partial charge in [-0.3, -0.25) is 0 Å². The van der Waals surface area contributed by atoms with Crippen molar-refractivity contribution in [2.24, 2.45) is 0 Å². The second kappa shape index (κ2) is 5.36. The van der Waals surface area contributed by atoms with Crippen molar-refractivity contribution >= 4 is 38.4 Å². The molecule has 98 valence electrons. The monoisotopic (exact) mass is 292 g/mol. The van der Waals surface area contributed by atoms with Crippen LogP contribution in [0, 0.1) is 6.92 Å². The molecule has 1 N–H and O–H groups in total. The lowest BCUT2D eigenvalue weighted by Crippen LogP contribution is -2.09. The van der Waals surface area contributed by atoms with E-state index in [1.807, 2.05) is 25.1 Å². The average Bonchev–Trinajstić information content (AvgIpc) is 2.65. The Morgan fingerprint density at radius 1 is 1.39 bits per heavy atom. The zero-order valence-electron chi connectivity index (χ0n) is 9.54. The minimum absolute atomic E-state index is 0.0154. The first kappa shape index (κ1) is 13.5. The van der Waals surface area contributed by atoms with Crippen molar-refractivity contribution in [1.82, 2.24) is 4.98 Å². The van der Waals surface area contributed by atoms with Crippen molar-refractivity contribution in [3.63, 3.8) is 0 Å². The number of anilines is 1. The largest absolute Gasteiger partial charge is 0.441 e. The van der Waals surface area contributed by atoms with Gasteiger partial charge in [-0.25, -0.2) is 4.98 Å². The minimum Gasteiger partial charge on any atom is -0.361 e. The van der Waals surface area contributed by atoms with Gasteiger partial charge in [0.1, 0.15) is 0 Å². The van der Waals surface area contributed by atoms with Gasteiger partial charge in [-0.2, -0.15) is 13.2 Å². The van der Waals surface area contributed by atoms with Gasteiger partial charge in [0.05, 0.1) is 10.2 Å². The number of nitrogens with zero attached hydrogens (tertiary/aromatic N) is 1. The molecule has 0 saturated heterocycles. The highest BCUT2D eigenvalue weighted by atomic mass is 32.2. The van der Waals surface area contributed by atoms with E-state index in [9.17, 15) is 13.2 Å². The van der Waals surface area contributed by atoms with E-state index in [1.165, 1.54) is 11.3 Å². The Balaban J connectivity index is 1.92. The Morgan fingerprint density at radius 2 is 2.17 bits per heavy atom. The van der Waals surface area contributed by atoms with Gasteiger partial charge in [-0.15, -0.1) is 0 Å². The molecular formula is C11H11F3N2S2. The summed E-state index contributed by atoms with van der Waals surface area (Å²) >= 11 is 1.43. The predicted molar refractivity (Wildman–Crippen MR) is 71.4 cm³/mol. The van der Waals surface area contributed by atoms with Gasteiger partial charge in [0, 0.05) is 12.3 Å². The van der Waals surface area contributed by atoms with Gasteiger partial charge in [0.25, 0.3) is 0 Å². The van der Waals surface area contributed by atoms with E-state index in [-0.39, 0.29) is 24.1 Å². The van der Waals surface area contributed by atoms with Crippen LogP contribution in [-0.4, -0.2) is 22.8 Å². The van der Waals surface area contributed by atoms with E-state index < -0.39 is 5.51 Å². The first-order valence-corrected chi connectivity index (χ1v) is 7.06. The molecule has 2 rings (SSSR count). The summed E-state index contributed by atoms with van der Waals surface area (Å²) in [5, 5.41) is 3.58. The summed E-state index contributed by atoms with van der Waals surface area (Å²) in [5.41, 5.74) is -2.14. The quantitative estimate of drug-likeness (QED) is 0.852. The van der Waals surface area contributed by atoms with Crippen molar-refractivity contribution in [2.75, 3.05) is 17.6 Å². The summed E-state index contributed by atoms with van der Waals surface area (Å²) in [7, 11) is 0. The fourth-order valence-corrected chi connectivity index (χ4v) is 2.86. The molecule has 0 bridgehead atoms. The van der Waals surface area contributed by atoms with E-state index in [4.69, 9.17) is 0 Å². The zero-order valence-corrected chi connectivity index (χ0v) is 11.2. The molecule has 18 heavy (non-hydrogen) atoms. The summed E-state index contributed by atoms with van der Waals surface area (Å²) in [6, 6.07) is 5.89. The second-order valence-corrected chi connectivity index (χ2v) is 5.90. The maximum Gasteiger partial charge on any atom is 0.441 e. The second-order valence-electron chi connectivity index (χ2n) is 3.71. The molecule has 2 nitrogen and oxygen atoms in total. The van der Waals surface area contributed by atoms with Crippen LogP contribution in [0.5, 0.6) is 0 Å². The molecule has 0 amide bonds. The molecule has 0 spiro atoms. The minimum atomic E-state index is -4.16. The number of thioether (sulfide) groups is 1. The Hall–Kier alpha value is -0.950. The fraction of sp³-hybridized carbons (Fsp3) is 0.364. The number of rotatable bonds is 4. The van der Waals surface area contributed by atoms with Crippen molar-refractivity contribution in [3.8, 4) is 0 Å². The molecule has 1 aromatic heterocycles. The van der Waals surface area contributed by atoms with Crippen molar-refractivity contribution in [3.05, 3.63) is 23.8 Å². The number of nitrogens with one attached hydrogen (secondary N) is 1. The van der Waals surface area contributed by atoms with Crippen molar-refractivity contribution in [2.45, 2.75) is 12.4 Å². The molecule has 0 aliphatic heterocycles. The summed E-state index contributed by atoms with van der Waals surface area (Å²) in [6.45, 7) is 2.25. The molecule has 7 heteroatoms. The van der Waals surface area contributed by atoms with Gasteiger partial charge in [-0.1, -0.05) is 17.4 Å². The number of aromatic nitrogens is 1. The van der Waals surface area contributed by atoms with Crippen LogP contribution in [0.25, 0.3) is 10.2 Å². The Kier molecular flexibility index (Phi) is 4.01. The van der Waals surface area contributed by atoms with Crippen LogP contribution >= 0.6 is 23.1 Å². The first-order chi connectivity index (χ1) is 8.44. The highest BCUT2D eigenvalue weighted by Gasteiger charge is 2.27. The fourth-order valence-electron chi connectivity index (χ4n) is 1.43. The number of aryl methyl sites for hydroxylation is 1. The van der Waals surface area contributed by atoms with Crippen molar-refractivity contribution < 1.29 is 13.2 Å². The van der Waals surface area contributed by atoms with Crippen LogP contribution in [0.2, 0.25) is 0 Å². The highest BCUT2D eigenvalue weighted by Crippen LogP contribution is 2.30. The van der Waals surface area contributed by atoms with Gasteiger partial charge in [0.2, 0.25) is 0 Å². The third-order valence-corrected chi connectivity index (χ3v) is 3.90. The van der Waals surface area contributed by atoms with Gasteiger partial charge < -0.3 is 5.32 Å². The molecule has 2 aromatic rings. The molecule has 1 heterocycles. The van der Waals surface area contributed by atoms with E-state index in [1.54, 1.807) is 0 Å². The summed E-state index contributed by atoms with van der Waals surface area (Å²) in [4.78, 5) is 4.30. The first-order valence-electron chi connectivity index (χ1n) is 5.26. The van der Waals surface area contributed by atoms with Gasteiger partial charge in [-0.05, 0) is 36.4 Å². The van der Waals surface area contributed by atoms with Crippen LogP contribution < -0.4 is 5.32 Å². The van der Waals surface area contributed by atoms with Crippen LogP contribution in [0.3, 0.4) is 0 Å². The number of thiazole rings is 1. The maximum atomic E-state index is 11.9. The third kappa shape index (κ3) is 3.78. The highest BCUT2D eigenvalue weighted by molar-refractivity contribution is 8.00. The zero-order chi connectivity index (χ0) is 13.2. The number of fused-ring (bicyclic) bond motifs is 1. The Morgan fingerprint density at radius 3 is 2.89 bits per heavy atom. The Bertz CT molecular complexity index is 537. The van der Waals surface area contributed by atoms with E-state index in [2.05, 4.69) is 10.3 Å². The maximum absolute atomic E-state index is 11.9.